The fourth-order valence-electron chi connectivity index (χ4n) is 1.95. The first kappa shape index (κ1) is 9.04. The van der Waals surface area contributed by atoms with Crippen LogP contribution < -0.4 is 5.73 Å². The molecule has 0 atom stereocenters. The average Bonchev–Trinajstić information content (AvgIpc) is 2.01. The zero-order valence-electron chi connectivity index (χ0n) is 7.54. The van der Waals surface area contributed by atoms with Crippen molar-refractivity contribution in [1.82, 2.24) is 0 Å². The molecule has 0 bridgehead atoms. The van der Waals surface area contributed by atoms with Crippen LogP contribution in [0.25, 0.3) is 0 Å². The van der Waals surface area contributed by atoms with E-state index in [-0.39, 0.29) is 0 Å². The Bertz CT molecular complexity index is 292. The fourth-order valence-corrected chi connectivity index (χ4v) is 2.16. The van der Waals surface area contributed by atoms with Crippen LogP contribution in [-0.4, -0.2) is 6.04 Å². The van der Waals surface area contributed by atoms with Crippen molar-refractivity contribution in [3.63, 3.8) is 0 Å². The molecule has 0 radical (unpaired) electrons. The summed E-state index contributed by atoms with van der Waals surface area (Å²) in [7, 11) is 0. The largest absolute Gasteiger partial charge is 0.328 e. The molecule has 0 heterocycles. The van der Waals surface area contributed by atoms with Gasteiger partial charge in [0.1, 0.15) is 0 Å². The second kappa shape index (κ2) is 3.69. The van der Waals surface area contributed by atoms with Crippen LogP contribution in [0.4, 0.5) is 0 Å². The third-order valence-corrected chi connectivity index (χ3v) is 2.92. The van der Waals surface area contributed by atoms with Gasteiger partial charge in [0.15, 0.2) is 0 Å². The number of hydrogen-bond donors (Lipinski definition) is 1. The van der Waals surface area contributed by atoms with Crippen LogP contribution in [0.5, 0.6) is 0 Å². The van der Waals surface area contributed by atoms with Crippen LogP contribution in [0.2, 0.25) is 5.02 Å². The van der Waals surface area contributed by atoms with E-state index in [1.807, 2.05) is 18.2 Å². The average molecular weight is 196 g/mol. The fraction of sp³-hybridized carbons (Fsp3) is 0.455. The maximum Gasteiger partial charge on any atom is 0.0408 e. The third-order valence-electron chi connectivity index (χ3n) is 2.69. The molecule has 13 heavy (non-hydrogen) atoms. The van der Waals surface area contributed by atoms with Gasteiger partial charge in [0.2, 0.25) is 0 Å². The second-order valence-electron chi connectivity index (χ2n) is 3.93. The highest BCUT2D eigenvalue weighted by Gasteiger charge is 2.25. The van der Waals surface area contributed by atoms with E-state index < -0.39 is 0 Å². The Labute approximate surface area is 83.9 Å². The van der Waals surface area contributed by atoms with Gasteiger partial charge in [0.05, 0.1) is 0 Å². The lowest BCUT2D eigenvalue weighted by Gasteiger charge is -2.32. The molecule has 0 spiro atoms. The van der Waals surface area contributed by atoms with Crippen molar-refractivity contribution >= 4 is 11.6 Å². The van der Waals surface area contributed by atoms with Gasteiger partial charge in [-0.3, -0.25) is 0 Å². The predicted molar refractivity (Wildman–Crippen MR) is 55.9 cm³/mol. The van der Waals surface area contributed by atoms with Gasteiger partial charge < -0.3 is 5.73 Å². The van der Waals surface area contributed by atoms with Gasteiger partial charge in [0, 0.05) is 11.1 Å². The Balaban J connectivity index is 1.94. The minimum absolute atomic E-state index is 0.448. The SMILES string of the molecule is NC1CC(Cc2cccc(Cl)c2)C1. The maximum absolute atomic E-state index is 5.89. The lowest BCUT2D eigenvalue weighted by atomic mass is 9.77. The summed E-state index contributed by atoms with van der Waals surface area (Å²) < 4.78 is 0. The Kier molecular flexibility index (Phi) is 2.56. The van der Waals surface area contributed by atoms with E-state index in [2.05, 4.69) is 6.07 Å². The number of nitrogens with two attached hydrogens (primary N) is 1. The molecule has 0 aromatic heterocycles. The van der Waals surface area contributed by atoms with Crippen molar-refractivity contribution in [1.29, 1.82) is 0 Å². The first-order valence-corrected chi connectivity index (χ1v) is 5.12. The zero-order chi connectivity index (χ0) is 9.26. The highest BCUT2D eigenvalue weighted by Crippen LogP contribution is 2.29. The van der Waals surface area contributed by atoms with Crippen molar-refractivity contribution in [3.8, 4) is 0 Å². The van der Waals surface area contributed by atoms with Crippen LogP contribution in [0.3, 0.4) is 0 Å². The number of rotatable bonds is 2. The normalized spacial score (nSPS) is 26.9. The lowest BCUT2D eigenvalue weighted by molar-refractivity contribution is 0.264. The van der Waals surface area contributed by atoms with Crippen molar-refractivity contribution in [2.45, 2.75) is 25.3 Å². The Hall–Kier alpha value is -0.530. The van der Waals surface area contributed by atoms with Crippen LogP contribution in [0, 0.1) is 5.92 Å². The molecule has 0 amide bonds. The van der Waals surface area contributed by atoms with Gasteiger partial charge in [-0.1, -0.05) is 23.7 Å². The molecule has 2 N–H and O–H groups in total. The van der Waals surface area contributed by atoms with Gasteiger partial charge in [-0.25, -0.2) is 0 Å². The second-order valence-corrected chi connectivity index (χ2v) is 4.37. The first-order valence-electron chi connectivity index (χ1n) is 4.74. The summed E-state index contributed by atoms with van der Waals surface area (Å²) in [6, 6.07) is 8.55. The standard InChI is InChI=1S/C11H14ClN/c12-10-3-1-2-8(5-10)4-9-6-11(13)7-9/h1-3,5,9,11H,4,6-7,13H2. The van der Waals surface area contributed by atoms with E-state index in [4.69, 9.17) is 17.3 Å². The molecule has 0 saturated heterocycles. The molecule has 1 aromatic rings. The molecule has 2 heteroatoms. The van der Waals surface area contributed by atoms with Crippen LogP contribution in [0.15, 0.2) is 24.3 Å². The smallest absolute Gasteiger partial charge is 0.0408 e. The molecule has 1 fully saturated rings. The topological polar surface area (TPSA) is 26.0 Å². The number of halogens is 1. The molecule has 0 unspecified atom stereocenters. The summed E-state index contributed by atoms with van der Waals surface area (Å²) >= 11 is 5.89. The van der Waals surface area contributed by atoms with E-state index in [1.54, 1.807) is 0 Å². The molecule has 0 aliphatic heterocycles. The van der Waals surface area contributed by atoms with Crippen LogP contribution >= 0.6 is 11.6 Å². The van der Waals surface area contributed by atoms with E-state index >= 15 is 0 Å². The Morgan fingerprint density at radius 1 is 1.38 bits per heavy atom. The summed E-state index contributed by atoms with van der Waals surface area (Å²) in [5, 5.41) is 0.834. The van der Waals surface area contributed by atoms with E-state index in [0.29, 0.717) is 6.04 Å². The molecule has 1 nitrogen and oxygen atoms in total. The molecule has 1 aliphatic carbocycles. The summed E-state index contributed by atoms with van der Waals surface area (Å²) in [5.41, 5.74) is 7.06. The quantitative estimate of drug-likeness (QED) is 0.772. The van der Waals surface area contributed by atoms with Crippen LogP contribution in [-0.2, 0) is 6.42 Å². The lowest BCUT2D eigenvalue weighted by Crippen LogP contribution is -2.37. The van der Waals surface area contributed by atoms with Crippen molar-refractivity contribution in [2.75, 3.05) is 0 Å². The molecule has 1 aromatic carbocycles. The zero-order valence-corrected chi connectivity index (χ0v) is 8.30. The van der Waals surface area contributed by atoms with Gasteiger partial charge in [0.25, 0.3) is 0 Å². The van der Waals surface area contributed by atoms with Gasteiger partial charge in [-0.05, 0) is 42.9 Å². The molecule has 2 rings (SSSR count). The molecule has 70 valence electrons. The van der Waals surface area contributed by atoms with Gasteiger partial charge in [-0.15, -0.1) is 0 Å². The Morgan fingerprint density at radius 2 is 2.15 bits per heavy atom. The van der Waals surface area contributed by atoms with E-state index in [0.717, 1.165) is 17.4 Å². The van der Waals surface area contributed by atoms with Crippen molar-refractivity contribution < 1.29 is 0 Å². The molecular weight excluding hydrogens is 182 g/mol. The van der Waals surface area contributed by atoms with E-state index in [1.165, 1.54) is 18.4 Å². The summed E-state index contributed by atoms with van der Waals surface area (Å²) in [4.78, 5) is 0. The monoisotopic (exact) mass is 195 g/mol. The van der Waals surface area contributed by atoms with Gasteiger partial charge in [-0.2, -0.15) is 0 Å². The molecular formula is C11H14ClN. The maximum atomic E-state index is 5.89. The van der Waals surface area contributed by atoms with E-state index in [9.17, 15) is 0 Å². The Morgan fingerprint density at radius 3 is 2.77 bits per heavy atom. The number of hydrogen-bond acceptors (Lipinski definition) is 1. The molecule has 1 aliphatic rings. The van der Waals surface area contributed by atoms with Gasteiger partial charge >= 0.3 is 0 Å². The highest BCUT2D eigenvalue weighted by atomic mass is 35.5. The third kappa shape index (κ3) is 2.23. The molecule has 1 saturated carbocycles. The first-order chi connectivity index (χ1) is 6.24. The summed E-state index contributed by atoms with van der Waals surface area (Å²) in [6.45, 7) is 0. The van der Waals surface area contributed by atoms with Crippen molar-refractivity contribution in [2.24, 2.45) is 11.7 Å². The number of benzene rings is 1. The summed E-state index contributed by atoms with van der Waals surface area (Å²) in [6.07, 6.45) is 3.48. The van der Waals surface area contributed by atoms with Crippen LogP contribution in [0.1, 0.15) is 18.4 Å². The minimum atomic E-state index is 0.448. The predicted octanol–water partition coefficient (Wildman–Crippen LogP) is 2.62. The minimum Gasteiger partial charge on any atom is -0.328 e. The summed E-state index contributed by atoms with van der Waals surface area (Å²) in [5.74, 6) is 0.786. The van der Waals surface area contributed by atoms with Crippen molar-refractivity contribution in [3.05, 3.63) is 34.9 Å². The highest BCUT2D eigenvalue weighted by molar-refractivity contribution is 6.30.